The van der Waals surface area contributed by atoms with Gasteiger partial charge in [-0.05, 0) is 36.8 Å². The molecule has 1 fully saturated rings. The van der Waals surface area contributed by atoms with Gasteiger partial charge in [0.1, 0.15) is 12.6 Å². The minimum absolute atomic E-state index is 0.0613. The van der Waals surface area contributed by atoms with Gasteiger partial charge >= 0.3 is 0 Å². The van der Waals surface area contributed by atoms with Crippen molar-refractivity contribution in [2.24, 2.45) is 11.8 Å². The lowest BCUT2D eigenvalue weighted by Gasteiger charge is -2.37. The number of aliphatic hydroxyl groups is 2. The van der Waals surface area contributed by atoms with E-state index in [1.54, 1.807) is 0 Å². The smallest absolute Gasteiger partial charge is 0.186 e. The molecule has 0 aromatic heterocycles. The molecule has 0 spiro atoms. The molecule has 1 saturated carbocycles. The summed E-state index contributed by atoms with van der Waals surface area (Å²) in [5, 5.41) is 17.9. The topological polar surface area (TPSA) is 58.9 Å². The van der Waals surface area contributed by atoms with Crippen molar-refractivity contribution in [2.75, 3.05) is 13.6 Å². The van der Waals surface area contributed by atoms with Crippen molar-refractivity contribution in [2.45, 2.75) is 38.7 Å². The number of fused-ring (bicyclic) bond motifs is 1. The fraction of sp³-hybridized carbons (Fsp3) is 0.714. The highest BCUT2D eigenvalue weighted by molar-refractivity contribution is 5.31. The van der Waals surface area contributed by atoms with Crippen molar-refractivity contribution < 1.29 is 19.7 Å². The van der Waals surface area contributed by atoms with Crippen molar-refractivity contribution in [1.82, 2.24) is 0 Å². The van der Waals surface area contributed by atoms with E-state index in [-0.39, 0.29) is 25.6 Å². The lowest BCUT2D eigenvalue weighted by atomic mass is 9.72. The van der Waals surface area contributed by atoms with Gasteiger partial charge in [-0.3, -0.25) is 0 Å². The van der Waals surface area contributed by atoms with Gasteiger partial charge in [0.25, 0.3) is 0 Å². The SMILES string of the molecule is CCC1CCC2C(=C(OCO)C=CC2OCO)C1. The minimum atomic E-state index is -0.293. The zero-order valence-electron chi connectivity index (χ0n) is 10.8. The van der Waals surface area contributed by atoms with Gasteiger partial charge in [-0.1, -0.05) is 19.4 Å². The molecule has 0 amide bonds. The van der Waals surface area contributed by atoms with E-state index < -0.39 is 0 Å². The van der Waals surface area contributed by atoms with Gasteiger partial charge in [0.15, 0.2) is 6.79 Å². The maximum absolute atomic E-state index is 8.94. The Morgan fingerprint density at radius 2 is 2.11 bits per heavy atom. The first-order valence-electron chi connectivity index (χ1n) is 6.67. The Morgan fingerprint density at radius 1 is 1.28 bits per heavy atom. The molecule has 2 rings (SSSR count). The van der Waals surface area contributed by atoms with Crippen LogP contribution in [-0.4, -0.2) is 29.9 Å². The average molecular weight is 254 g/mol. The molecule has 0 heterocycles. The Hall–Kier alpha value is -0.840. The molecule has 0 bridgehead atoms. The van der Waals surface area contributed by atoms with Crippen LogP contribution in [0.5, 0.6) is 0 Å². The van der Waals surface area contributed by atoms with E-state index in [2.05, 4.69) is 6.92 Å². The molecule has 4 nitrogen and oxygen atoms in total. The van der Waals surface area contributed by atoms with Crippen molar-refractivity contribution in [3.8, 4) is 0 Å². The molecule has 18 heavy (non-hydrogen) atoms. The molecule has 102 valence electrons. The maximum atomic E-state index is 8.94. The van der Waals surface area contributed by atoms with Crippen LogP contribution in [0, 0.1) is 11.8 Å². The second kappa shape index (κ2) is 6.36. The van der Waals surface area contributed by atoms with Crippen LogP contribution in [0.2, 0.25) is 0 Å². The predicted octanol–water partition coefficient (Wildman–Crippen LogP) is 1.94. The predicted molar refractivity (Wildman–Crippen MR) is 67.4 cm³/mol. The first-order chi connectivity index (χ1) is 8.80. The molecular weight excluding hydrogens is 232 g/mol. The van der Waals surface area contributed by atoms with Crippen molar-refractivity contribution in [3.05, 3.63) is 23.5 Å². The molecular formula is C14H22O4. The summed E-state index contributed by atoms with van der Waals surface area (Å²) in [4.78, 5) is 0. The third kappa shape index (κ3) is 2.76. The fourth-order valence-corrected chi connectivity index (χ4v) is 3.04. The van der Waals surface area contributed by atoms with E-state index in [1.807, 2.05) is 12.2 Å². The van der Waals surface area contributed by atoms with Gasteiger partial charge in [-0.15, -0.1) is 0 Å². The zero-order chi connectivity index (χ0) is 13.0. The summed E-state index contributed by atoms with van der Waals surface area (Å²) in [6.45, 7) is 1.66. The highest BCUT2D eigenvalue weighted by Gasteiger charge is 2.34. The second-order valence-corrected chi connectivity index (χ2v) is 4.94. The van der Waals surface area contributed by atoms with Crippen LogP contribution >= 0.6 is 0 Å². The average Bonchev–Trinajstić information content (AvgIpc) is 2.41. The van der Waals surface area contributed by atoms with Crippen LogP contribution in [0.4, 0.5) is 0 Å². The van der Waals surface area contributed by atoms with Gasteiger partial charge in [-0.25, -0.2) is 0 Å². The third-order valence-corrected chi connectivity index (χ3v) is 4.06. The molecule has 2 aliphatic rings. The lowest BCUT2D eigenvalue weighted by molar-refractivity contribution is -0.0544. The van der Waals surface area contributed by atoms with Gasteiger partial charge in [0, 0.05) is 5.92 Å². The van der Waals surface area contributed by atoms with Gasteiger partial charge < -0.3 is 19.7 Å². The Bertz CT molecular complexity index is 335. The van der Waals surface area contributed by atoms with Crippen LogP contribution in [-0.2, 0) is 9.47 Å². The zero-order valence-corrected chi connectivity index (χ0v) is 10.8. The Kier molecular flexibility index (Phi) is 4.80. The van der Waals surface area contributed by atoms with Crippen LogP contribution in [0.25, 0.3) is 0 Å². The number of aliphatic hydroxyl groups excluding tert-OH is 2. The Balaban J connectivity index is 2.19. The van der Waals surface area contributed by atoms with E-state index in [1.165, 1.54) is 12.0 Å². The van der Waals surface area contributed by atoms with Gasteiger partial charge in [0.2, 0.25) is 0 Å². The first-order valence-corrected chi connectivity index (χ1v) is 6.67. The van der Waals surface area contributed by atoms with E-state index >= 15 is 0 Å². The molecule has 2 N–H and O–H groups in total. The minimum Gasteiger partial charge on any atom is -0.468 e. The molecule has 0 aliphatic heterocycles. The largest absolute Gasteiger partial charge is 0.468 e. The molecule has 4 heteroatoms. The molecule has 0 radical (unpaired) electrons. The summed E-state index contributed by atoms with van der Waals surface area (Å²) in [7, 11) is 0. The van der Waals surface area contributed by atoms with E-state index in [0.717, 1.165) is 25.0 Å². The fourth-order valence-electron chi connectivity index (χ4n) is 3.04. The highest BCUT2D eigenvalue weighted by atomic mass is 16.6. The second-order valence-electron chi connectivity index (χ2n) is 4.94. The van der Waals surface area contributed by atoms with Crippen molar-refractivity contribution in [1.29, 1.82) is 0 Å². The van der Waals surface area contributed by atoms with Crippen molar-refractivity contribution >= 4 is 0 Å². The van der Waals surface area contributed by atoms with Crippen LogP contribution < -0.4 is 0 Å². The normalized spacial score (nSPS) is 31.4. The summed E-state index contributed by atoms with van der Waals surface area (Å²) in [5.74, 6) is 1.76. The highest BCUT2D eigenvalue weighted by Crippen LogP contribution is 2.42. The third-order valence-electron chi connectivity index (χ3n) is 4.06. The number of hydrogen-bond acceptors (Lipinski definition) is 4. The number of allylic oxidation sites excluding steroid dienone is 1. The lowest BCUT2D eigenvalue weighted by Crippen LogP contribution is -2.32. The summed E-state index contributed by atoms with van der Waals surface area (Å²) in [6.07, 6.45) is 8.14. The van der Waals surface area contributed by atoms with Crippen molar-refractivity contribution in [3.63, 3.8) is 0 Å². The van der Waals surface area contributed by atoms with Gasteiger partial charge in [-0.2, -0.15) is 0 Å². The summed E-state index contributed by atoms with van der Waals surface area (Å²) in [6, 6.07) is 0. The van der Waals surface area contributed by atoms with Crippen LogP contribution in [0.1, 0.15) is 32.6 Å². The Morgan fingerprint density at radius 3 is 2.78 bits per heavy atom. The summed E-state index contributed by atoms with van der Waals surface area (Å²) < 4.78 is 10.7. The van der Waals surface area contributed by atoms with Gasteiger partial charge in [0.05, 0.1) is 6.10 Å². The molecule has 0 aromatic rings. The quantitative estimate of drug-likeness (QED) is 0.736. The molecule has 0 saturated heterocycles. The monoisotopic (exact) mass is 254 g/mol. The first kappa shape index (κ1) is 13.6. The Labute approximate surface area is 108 Å². The van der Waals surface area contributed by atoms with Crippen LogP contribution in [0.3, 0.4) is 0 Å². The molecule has 0 aromatic carbocycles. The number of rotatable bonds is 5. The summed E-state index contributed by atoms with van der Waals surface area (Å²) in [5.41, 5.74) is 1.24. The van der Waals surface area contributed by atoms with E-state index in [4.69, 9.17) is 19.7 Å². The molecule has 3 unspecified atom stereocenters. The molecule has 2 aliphatic carbocycles. The van der Waals surface area contributed by atoms with E-state index in [0.29, 0.717) is 5.92 Å². The molecule has 3 atom stereocenters. The number of hydrogen-bond donors (Lipinski definition) is 2. The summed E-state index contributed by atoms with van der Waals surface area (Å²) >= 11 is 0. The van der Waals surface area contributed by atoms with E-state index in [9.17, 15) is 0 Å². The standard InChI is InChI=1S/C14H22O4/c1-2-10-3-4-11-12(7-10)14(18-9-16)6-5-13(11)17-8-15/h5-6,10-11,13,15-16H,2-4,7-9H2,1H3. The van der Waals surface area contributed by atoms with Crippen LogP contribution in [0.15, 0.2) is 23.5 Å². The number of ether oxygens (including phenoxy) is 2. The maximum Gasteiger partial charge on any atom is 0.186 e.